The van der Waals surface area contributed by atoms with Gasteiger partial charge in [-0.25, -0.2) is 0 Å². The van der Waals surface area contributed by atoms with Gasteiger partial charge >= 0.3 is 0 Å². The molecule has 0 fully saturated rings. The number of nitrogens with zero attached hydrogens (tertiary/aromatic N) is 2. The quantitative estimate of drug-likeness (QED) is 0.193. The molecule has 2 nitrogen and oxygen atoms in total. The first-order chi connectivity index (χ1) is 19.7. The molecule has 0 aliphatic rings. The summed E-state index contributed by atoms with van der Waals surface area (Å²) in [5.41, 5.74) is 7.96. The van der Waals surface area contributed by atoms with Gasteiger partial charge in [0.25, 0.3) is 0 Å². The molecule has 0 aliphatic heterocycles. The number of hydrogen-bond donors (Lipinski definition) is 0. The minimum absolute atomic E-state index is 0.653. The Morgan fingerprint density at radius 1 is 0.325 bits per heavy atom. The first kappa shape index (κ1) is 25.8. The minimum atomic E-state index is 0.653. The molecular formula is C36H26Cl2N2. The van der Waals surface area contributed by atoms with E-state index in [1.807, 2.05) is 84.9 Å². The molecule has 0 saturated carbocycles. The van der Waals surface area contributed by atoms with E-state index in [0.717, 1.165) is 45.3 Å². The van der Waals surface area contributed by atoms with Gasteiger partial charge in [0.15, 0.2) is 0 Å². The summed E-state index contributed by atoms with van der Waals surface area (Å²) < 4.78 is 0. The van der Waals surface area contributed by atoms with Gasteiger partial charge in [0.05, 0.1) is 21.4 Å². The van der Waals surface area contributed by atoms with Crippen LogP contribution in [0.1, 0.15) is 0 Å². The zero-order valence-electron chi connectivity index (χ0n) is 21.7. The van der Waals surface area contributed by atoms with Crippen LogP contribution in [0.5, 0.6) is 0 Å². The van der Waals surface area contributed by atoms with E-state index in [-0.39, 0.29) is 0 Å². The molecule has 0 amide bonds. The summed E-state index contributed by atoms with van der Waals surface area (Å²) in [6, 6.07) is 53.3. The zero-order valence-corrected chi connectivity index (χ0v) is 23.2. The number of hydrogen-bond acceptors (Lipinski definition) is 2. The Labute approximate surface area is 245 Å². The molecule has 0 spiro atoms. The molecule has 0 aliphatic carbocycles. The van der Waals surface area contributed by atoms with Gasteiger partial charge < -0.3 is 9.80 Å². The van der Waals surface area contributed by atoms with E-state index in [2.05, 4.69) is 82.6 Å². The molecule has 0 aromatic heterocycles. The van der Waals surface area contributed by atoms with Crippen molar-refractivity contribution in [3.8, 4) is 11.1 Å². The van der Waals surface area contributed by atoms with E-state index >= 15 is 0 Å². The van der Waals surface area contributed by atoms with Crippen molar-refractivity contribution in [3.63, 3.8) is 0 Å². The van der Waals surface area contributed by atoms with Gasteiger partial charge in [-0.1, -0.05) is 108 Å². The van der Waals surface area contributed by atoms with Gasteiger partial charge in [-0.15, -0.1) is 0 Å². The molecule has 4 heteroatoms. The van der Waals surface area contributed by atoms with Crippen LogP contribution in [-0.2, 0) is 0 Å². The molecule has 40 heavy (non-hydrogen) atoms. The SMILES string of the molecule is Clc1cc(-c2ccc(N(c3ccccc3)c3ccccc3)c(Cl)c2)ccc1N(c1ccccc1)c1ccccc1. The molecule has 0 radical (unpaired) electrons. The standard InChI is InChI=1S/C36H26Cl2N2/c37-33-25-27(21-23-35(33)39(29-13-5-1-6-14-29)30-15-7-2-8-16-30)28-22-24-36(34(38)26-28)40(31-17-9-3-10-18-31)32-19-11-4-12-20-32/h1-26H. The van der Waals surface area contributed by atoms with Crippen molar-refractivity contribution in [2.45, 2.75) is 0 Å². The van der Waals surface area contributed by atoms with Crippen molar-refractivity contribution in [3.05, 3.63) is 168 Å². The van der Waals surface area contributed by atoms with Crippen molar-refractivity contribution in [1.82, 2.24) is 0 Å². The first-order valence-corrected chi connectivity index (χ1v) is 13.8. The Morgan fingerprint density at radius 3 is 0.850 bits per heavy atom. The monoisotopic (exact) mass is 556 g/mol. The van der Waals surface area contributed by atoms with Gasteiger partial charge in [0.1, 0.15) is 0 Å². The summed E-state index contributed by atoms with van der Waals surface area (Å²) in [5.74, 6) is 0. The lowest BCUT2D eigenvalue weighted by Gasteiger charge is -2.27. The maximum absolute atomic E-state index is 6.97. The molecule has 0 unspecified atom stereocenters. The topological polar surface area (TPSA) is 6.48 Å². The van der Waals surface area contributed by atoms with Crippen LogP contribution in [0.3, 0.4) is 0 Å². The highest BCUT2D eigenvalue weighted by Crippen LogP contribution is 2.43. The van der Waals surface area contributed by atoms with Gasteiger partial charge in [-0.05, 0) is 83.9 Å². The molecule has 6 aromatic carbocycles. The Bertz CT molecular complexity index is 1500. The molecule has 6 aromatic rings. The Balaban J connectivity index is 1.38. The van der Waals surface area contributed by atoms with Crippen LogP contribution in [-0.4, -0.2) is 0 Å². The number of benzene rings is 6. The molecule has 0 atom stereocenters. The lowest BCUT2D eigenvalue weighted by atomic mass is 10.0. The maximum Gasteiger partial charge on any atom is 0.0652 e. The van der Waals surface area contributed by atoms with E-state index in [1.165, 1.54) is 0 Å². The van der Waals surface area contributed by atoms with Gasteiger partial charge in [-0.2, -0.15) is 0 Å². The van der Waals surface area contributed by atoms with Crippen molar-refractivity contribution < 1.29 is 0 Å². The van der Waals surface area contributed by atoms with Crippen molar-refractivity contribution in [2.24, 2.45) is 0 Å². The molecule has 0 saturated heterocycles. The highest BCUT2D eigenvalue weighted by Gasteiger charge is 2.18. The summed E-state index contributed by atoms with van der Waals surface area (Å²) in [6.07, 6.45) is 0. The predicted molar refractivity (Wildman–Crippen MR) is 171 cm³/mol. The largest absolute Gasteiger partial charge is 0.309 e. The van der Waals surface area contributed by atoms with E-state index in [9.17, 15) is 0 Å². The molecule has 194 valence electrons. The second-order valence-corrected chi connectivity index (χ2v) is 10.2. The van der Waals surface area contributed by atoms with Crippen molar-refractivity contribution >= 4 is 57.3 Å². The second kappa shape index (κ2) is 11.7. The second-order valence-electron chi connectivity index (χ2n) is 9.35. The van der Waals surface area contributed by atoms with E-state index in [4.69, 9.17) is 23.2 Å². The normalized spacial score (nSPS) is 10.8. The maximum atomic E-state index is 6.97. The van der Waals surface area contributed by atoms with Crippen LogP contribution in [0.25, 0.3) is 11.1 Å². The van der Waals surface area contributed by atoms with Gasteiger partial charge in [0, 0.05) is 22.7 Å². The Hall–Kier alpha value is -4.50. The van der Waals surface area contributed by atoms with Gasteiger partial charge in [0.2, 0.25) is 0 Å². The number of para-hydroxylation sites is 4. The third-order valence-electron chi connectivity index (χ3n) is 6.77. The summed E-state index contributed by atoms with van der Waals surface area (Å²) in [5, 5.41) is 1.31. The minimum Gasteiger partial charge on any atom is -0.309 e. The highest BCUT2D eigenvalue weighted by molar-refractivity contribution is 6.34. The fourth-order valence-electron chi connectivity index (χ4n) is 4.90. The summed E-state index contributed by atoms with van der Waals surface area (Å²) in [6.45, 7) is 0. The van der Waals surface area contributed by atoms with E-state index in [1.54, 1.807) is 0 Å². The predicted octanol–water partition coefficient (Wildman–Crippen LogP) is 11.6. The van der Waals surface area contributed by atoms with Gasteiger partial charge in [-0.3, -0.25) is 0 Å². The average Bonchev–Trinajstić information content (AvgIpc) is 3.01. The van der Waals surface area contributed by atoms with Crippen LogP contribution in [0.15, 0.2) is 158 Å². The van der Waals surface area contributed by atoms with E-state index in [0.29, 0.717) is 10.0 Å². The number of anilines is 6. The fraction of sp³-hybridized carbons (Fsp3) is 0. The van der Waals surface area contributed by atoms with Crippen LogP contribution >= 0.6 is 23.2 Å². The van der Waals surface area contributed by atoms with Crippen LogP contribution in [0.2, 0.25) is 10.0 Å². The summed E-state index contributed by atoms with van der Waals surface area (Å²) in [7, 11) is 0. The van der Waals surface area contributed by atoms with E-state index < -0.39 is 0 Å². The molecule has 6 rings (SSSR count). The molecule has 0 heterocycles. The summed E-state index contributed by atoms with van der Waals surface area (Å²) >= 11 is 13.9. The van der Waals surface area contributed by atoms with Crippen molar-refractivity contribution in [2.75, 3.05) is 9.80 Å². The third kappa shape index (κ3) is 5.33. The molecule has 0 N–H and O–H groups in total. The summed E-state index contributed by atoms with van der Waals surface area (Å²) in [4.78, 5) is 4.33. The smallest absolute Gasteiger partial charge is 0.0652 e. The lowest BCUT2D eigenvalue weighted by Crippen LogP contribution is -2.10. The Morgan fingerprint density at radius 2 is 0.600 bits per heavy atom. The number of halogens is 2. The van der Waals surface area contributed by atoms with Crippen LogP contribution in [0, 0.1) is 0 Å². The zero-order chi connectivity index (χ0) is 27.3. The third-order valence-corrected chi connectivity index (χ3v) is 7.37. The molecule has 0 bridgehead atoms. The average molecular weight is 558 g/mol. The van der Waals surface area contributed by atoms with Crippen LogP contribution < -0.4 is 9.80 Å². The first-order valence-electron chi connectivity index (χ1n) is 13.1. The lowest BCUT2D eigenvalue weighted by molar-refractivity contribution is 1.28. The van der Waals surface area contributed by atoms with Crippen LogP contribution in [0.4, 0.5) is 34.1 Å². The highest BCUT2D eigenvalue weighted by atomic mass is 35.5. The fourth-order valence-corrected chi connectivity index (χ4v) is 5.43. The molecular weight excluding hydrogens is 531 g/mol. The van der Waals surface area contributed by atoms with Crippen molar-refractivity contribution in [1.29, 1.82) is 0 Å². The number of rotatable bonds is 7. The Kier molecular flexibility index (Phi) is 7.54.